The van der Waals surface area contributed by atoms with E-state index < -0.39 is 27.5 Å². The molecular formula is C13H16F3NO2S. The van der Waals surface area contributed by atoms with Crippen LogP contribution in [0.4, 0.5) is 13.2 Å². The van der Waals surface area contributed by atoms with E-state index >= 15 is 0 Å². The zero-order valence-corrected chi connectivity index (χ0v) is 12.4. The second kappa shape index (κ2) is 5.95. The number of hydrogen-bond acceptors (Lipinski definition) is 2. The highest BCUT2D eigenvalue weighted by Crippen LogP contribution is 2.37. The lowest BCUT2D eigenvalue weighted by atomic mass is 10.1. The Bertz CT molecular complexity index is 533. The van der Waals surface area contributed by atoms with E-state index in [2.05, 4.69) is 4.40 Å². The van der Waals surface area contributed by atoms with Crippen molar-refractivity contribution in [2.24, 2.45) is 4.40 Å². The van der Waals surface area contributed by atoms with Gasteiger partial charge in [0.25, 0.3) is 0 Å². The number of para-hydroxylation sites is 1. The van der Waals surface area contributed by atoms with Crippen LogP contribution in [0.2, 0.25) is 0 Å². The predicted octanol–water partition coefficient (Wildman–Crippen LogP) is 3.60. The summed E-state index contributed by atoms with van der Waals surface area (Å²) < 4.78 is 58.3. The number of nitrogens with zero attached hydrogens (tertiary/aromatic N) is 1. The van der Waals surface area contributed by atoms with Crippen molar-refractivity contribution in [3.8, 4) is 5.75 Å². The summed E-state index contributed by atoms with van der Waals surface area (Å²) in [7, 11) is -0.388. The average Bonchev–Trinajstić information content (AvgIpc) is 2.32. The van der Waals surface area contributed by atoms with Crippen LogP contribution in [-0.2, 0) is 17.2 Å². The van der Waals surface area contributed by atoms with Gasteiger partial charge in [-0.1, -0.05) is 6.07 Å². The van der Waals surface area contributed by atoms with E-state index in [1.165, 1.54) is 12.1 Å². The maximum absolute atomic E-state index is 12.8. The van der Waals surface area contributed by atoms with Crippen molar-refractivity contribution in [1.82, 2.24) is 0 Å². The van der Waals surface area contributed by atoms with Gasteiger partial charge < -0.3 is 4.74 Å². The first-order chi connectivity index (χ1) is 9.07. The first-order valence-corrected chi connectivity index (χ1v) is 6.88. The highest BCUT2D eigenvalue weighted by molar-refractivity contribution is 7.85. The molecule has 0 amide bonds. The Morgan fingerprint density at radius 1 is 1.25 bits per heavy atom. The number of hydrogen-bond donors (Lipinski definition) is 0. The van der Waals surface area contributed by atoms with Gasteiger partial charge in [0, 0.05) is 11.8 Å². The third-order valence-electron chi connectivity index (χ3n) is 2.37. The minimum absolute atomic E-state index is 0.139. The fourth-order valence-corrected chi connectivity index (χ4v) is 1.90. The number of benzene rings is 1. The van der Waals surface area contributed by atoms with Gasteiger partial charge in [0.05, 0.1) is 17.4 Å². The van der Waals surface area contributed by atoms with E-state index in [1.807, 2.05) is 0 Å². The smallest absolute Gasteiger partial charge is 0.419 e. The first-order valence-electron chi connectivity index (χ1n) is 5.77. The summed E-state index contributed by atoms with van der Waals surface area (Å²) in [6.07, 6.45) is -3.37. The molecule has 0 aliphatic carbocycles. The van der Waals surface area contributed by atoms with Gasteiger partial charge in [-0.15, -0.1) is 0 Å². The van der Waals surface area contributed by atoms with Gasteiger partial charge in [-0.05, 0) is 32.9 Å². The summed E-state index contributed by atoms with van der Waals surface area (Å²) >= 11 is 0. The molecule has 0 radical (unpaired) electrons. The maximum Gasteiger partial charge on any atom is 0.419 e. The Labute approximate surface area is 118 Å². The molecule has 0 saturated carbocycles. The number of alkyl halides is 3. The van der Waals surface area contributed by atoms with E-state index in [1.54, 1.807) is 20.8 Å². The second-order valence-corrected chi connectivity index (χ2v) is 6.96. The molecule has 7 heteroatoms. The van der Waals surface area contributed by atoms with Crippen molar-refractivity contribution < 1.29 is 22.1 Å². The fourth-order valence-electron chi connectivity index (χ4n) is 1.37. The zero-order chi connectivity index (χ0) is 15.6. The van der Waals surface area contributed by atoms with Crippen molar-refractivity contribution in [2.45, 2.75) is 31.7 Å². The van der Waals surface area contributed by atoms with E-state index in [4.69, 9.17) is 4.74 Å². The Morgan fingerprint density at radius 2 is 1.85 bits per heavy atom. The lowest BCUT2D eigenvalue weighted by molar-refractivity contribution is -0.138. The van der Waals surface area contributed by atoms with E-state index in [9.17, 15) is 17.4 Å². The number of halogens is 3. The molecule has 0 fully saturated rings. The van der Waals surface area contributed by atoms with Crippen molar-refractivity contribution in [3.63, 3.8) is 0 Å². The van der Waals surface area contributed by atoms with Gasteiger partial charge in [0.1, 0.15) is 16.7 Å². The van der Waals surface area contributed by atoms with Gasteiger partial charge in [0.2, 0.25) is 0 Å². The zero-order valence-electron chi connectivity index (χ0n) is 11.6. The lowest BCUT2D eigenvalue weighted by Crippen LogP contribution is -2.19. The van der Waals surface area contributed by atoms with Crippen LogP contribution in [0.5, 0.6) is 5.75 Å². The molecule has 1 aromatic rings. The molecule has 0 aliphatic rings. The lowest BCUT2D eigenvalue weighted by Gasteiger charge is -2.15. The van der Waals surface area contributed by atoms with Crippen molar-refractivity contribution >= 4 is 17.2 Å². The second-order valence-electron chi connectivity index (χ2n) is 5.02. The molecular weight excluding hydrogens is 291 g/mol. The number of ether oxygens (including phenoxy) is 1. The average molecular weight is 307 g/mol. The molecule has 1 atom stereocenters. The molecule has 112 valence electrons. The molecule has 3 nitrogen and oxygen atoms in total. The third kappa shape index (κ3) is 4.06. The molecule has 0 heterocycles. The number of rotatable bonds is 3. The Balaban J connectivity index is 3.21. The molecule has 0 saturated heterocycles. The normalized spacial score (nSPS) is 14.6. The fraction of sp³-hybridized carbons (Fsp3) is 0.462. The molecule has 0 N–H and O–H groups in total. The molecule has 0 bridgehead atoms. The van der Waals surface area contributed by atoms with Gasteiger partial charge in [-0.3, -0.25) is 0 Å². The van der Waals surface area contributed by atoms with Gasteiger partial charge in [0.15, 0.2) is 0 Å². The van der Waals surface area contributed by atoms with Crippen LogP contribution in [0.25, 0.3) is 0 Å². The monoisotopic (exact) mass is 307 g/mol. The molecule has 0 aromatic heterocycles. The number of methoxy groups -OCH3 is 1. The maximum atomic E-state index is 12.8. The third-order valence-corrected chi connectivity index (χ3v) is 3.71. The van der Waals surface area contributed by atoms with Crippen LogP contribution in [0.3, 0.4) is 0 Å². The molecule has 20 heavy (non-hydrogen) atoms. The summed E-state index contributed by atoms with van der Waals surface area (Å²) in [5.74, 6) is -0.324. The van der Waals surface area contributed by atoms with Crippen molar-refractivity contribution in [2.75, 3.05) is 7.11 Å². The van der Waals surface area contributed by atoms with Crippen LogP contribution >= 0.6 is 0 Å². The standard InChI is InChI=1S/C13H16F3NO2S/c1-12(2,3)20(18)17-8-9-6-5-7-10(11(9)19-4)13(14,15)16/h5-8H,1-4H3/b17-8+/t20-/m1/s1. The highest BCUT2D eigenvalue weighted by atomic mass is 32.2. The van der Waals surface area contributed by atoms with E-state index in [0.29, 0.717) is 0 Å². The molecule has 0 spiro atoms. The highest BCUT2D eigenvalue weighted by Gasteiger charge is 2.35. The van der Waals surface area contributed by atoms with Crippen molar-refractivity contribution in [1.29, 1.82) is 0 Å². The van der Waals surface area contributed by atoms with Crippen LogP contribution in [0, 0.1) is 0 Å². The van der Waals surface area contributed by atoms with Gasteiger partial charge in [-0.2, -0.15) is 17.6 Å². The first kappa shape index (κ1) is 16.7. The minimum Gasteiger partial charge on any atom is -0.495 e. The SMILES string of the molecule is COc1c(/C=N/[S@](=O)C(C)(C)C)cccc1C(F)(F)F. The largest absolute Gasteiger partial charge is 0.495 e. The Morgan fingerprint density at radius 3 is 2.30 bits per heavy atom. The van der Waals surface area contributed by atoms with Crippen molar-refractivity contribution in [3.05, 3.63) is 29.3 Å². The predicted molar refractivity (Wildman–Crippen MR) is 73.5 cm³/mol. The molecule has 1 rings (SSSR count). The Kier molecular flexibility index (Phi) is 4.96. The molecule has 0 unspecified atom stereocenters. The van der Waals surface area contributed by atoms with Gasteiger partial charge >= 0.3 is 6.18 Å². The summed E-state index contributed by atoms with van der Waals surface area (Å²) in [5, 5.41) is 0. The van der Waals surface area contributed by atoms with Crippen LogP contribution in [0.1, 0.15) is 31.9 Å². The quantitative estimate of drug-likeness (QED) is 0.800. The Hall–Kier alpha value is -1.37. The van der Waals surface area contributed by atoms with Crippen LogP contribution in [0.15, 0.2) is 22.6 Å². The topological polar surface area (TPSA) is 38.7 Å². The van der Waals surface area contributed by atoms with Crippen LogP contribution in [-0.4, -0.2) is 22.3 Å². The van der Waals surface area contributed by atoms with Crippen LogP contribution < -0.4 is 4.74 Å². The summed E-state index contributed by atoms with van der Waals surface area (Å²) in [4.78, 5) is 0. The summed E-state index contributed by atoms with van der Waals surface area (Å²) in [6, 6.07) is 3.61. The molecule has 1 aromatic carbocycles. The minimum atomic E-state index is -4.52. The van der Waals surface area contributed by atoms with E-state index in [0.717, 1.165) is 19.4 Å². The van der Waals surface area contributed by atoms with E-state index in [-0.39, 0.29) is 11.3 Å². The summed E-state index contributed by atoms with van der Waals surface area (Å²) in [6.45, 7) is 5.18. The molecule has 0 aliphatic heterocycles. The van der Waals surface area contributed by atoms with Gasteiger partial charge in [-0.25, -0.2) is 4.21 Å². The summed E-state index contributed by atoms with van der Waals surface area (Å²) in [5.41, 5.74) is -0.745.